The summed E-state index contributed by atoms with van der Waals surface area (Å²) in [5, 5.41) is 7.95. The van der Waals surface area contributed by atoms with Crippen LogP contribution in [-0.4, -0.2) is 35.6 Å². The third-order valence-corrected chi connectivity index (χ3v) is 6.01. The Morgan fingerprint density at radius 3 is 2.55 bits per heavy atom. The Morgan fingerprint density at radius 2 is 1.91 bits per heavy atom. The zero-order valence-electron chi connectivity index (χ0n) is 12.4. The number of carbonyl (C=O) groups excluding carboxylic acids is 1. The Balaban J connectivity index is 1.87. The second-order valence-electron chi connectivity index (χ2n) is 4.25. The summed E-state index contributed by atoms with van der Waals surface area (Å²) in [7, 11) is 3.04. The number of hydrogen-bond acceptors (Lipinski definition) is 8. The molecular weight excluding hydrogens is 340 g/mol. The predicted octanol–water partition coefficient (Wildman–Crippen LogP) is 3.49. The van der Waals surface area contributed by atoms with E-state index in [1.807, 2.05) is 24.3 Å². The van der Waals surface area contributed by atoms with E-state index in [9.17, 15) is 4.79 Å². The summed E-state index contributed by atoms with van der Waals surface area (Å²) < 4.78 is 11.5. The van der Waals surface area contributed by atoms with Gasteiger partial charge in [-0.05, 0) is 24.6 Å². The van der Waals surface area contributed by atoms with Crippen LogP contribution in [0.1, 0.15) is 12.5 Å². The second kappa shape index (κ2) is 8.40. The molecule has 1 heterocycles. The van der Waals surface area contributed by atoms with Crippen molar-refractivity contribution in [1.29, 1.82) is 0 Å². The van der Waals surface area contributed by atoms with E-state index < -0.39 is 0 Å². The normalized spacial score (nSPS) is 12.0. The van der Waals surface area contributed by atoms with Crippen LogP contribution in [0.25, 0.3) is 0 Å². The molecule has 2 aromatic rings. The lowest BCUT2D eigenvalue weighted by Gasteiger charge is -2.04. The van der Waals surface area contributed by atoms with Gasteiger partial charge in [-0.1, -0.05) is 47.0 Å². The van der Waals surface area contributed by atoms with E-state index in [-0.39, 0.29) is 11.2 Å². The first-order chi connectivity index (χ1) is 10.6. The molecule has 1 atom stereocenters. The maximum Gasteiger partial charge on any atom is 0.318 e. The van der Waals surface area contributed by atoms with Gasteiger partial charge in [0.1, 0.15) is 11.0 Å². The number of ether oxygens (including phenoxy) is 2. The summed E-state index contributed by atoms with van der Waals surface area (Å²) in [5.41, 5.74) is 1.19. The average Bonchev–Trinajstić information content (AvgIpc) is 3.00. The molecule has 5 nitrogen and oxygen atoms in total. The summed E-state index contributed by atoms with van der Waals surface area (Å²) >= 11 is 4.48. The summed E-state index contributed by atoms with van der Waals surface area (Å²) in [6, 6.07) is 7.94. The van der Waals surface area contributed by atoms with Gasteiger partial charge in [0.15, 0.2) is 8.68 Å². The van der Waals surface area contributed by atoms with Crippen LogP contribution < -0.4 is 4.74 Å². The zero-order chi connectivity index (χ0) is 15.9. The van der Waals surface area contributed by atoms with Gasteiger partial charge in [0.25, 0.3) is 0 Å². The number of hydrogen-bond donors (Lipinski definition) is 0. The van der Waals surface area contributed by atoms with Crippen molar-refractivity contribution in [3.63, 3.8) is 0 Å². The standard InChI is InChI=1S/C14H16N2O3S3/c1-9(12(17)19-3)21-14-16-15-13(22-14)20-8-10-4-6-11(18-2)7-5-10/h4-7,9H,8H2,1-3H3. The monoisotopic (exact) mass is 356 g/mol. The Labute approximate surface area is 141 Å². The molecule has 0 N–H and O–H groups in total. The van der Waals surface area contributed by atoms with Gasteiger partial charge in [0, 0.05) is 5.75 Å². The van der Waals surface area contributed by atoms with Gasteiger partial charge in [-0.25, -0.2) is 0 Å². The molecule has 0 saturated carbocycles. The summed E-state index contributed by atoms with van der Waals surface area (Å²) in [6.07, 6.45) is 0. The molecule has 0 bridgehead atoms. The first-order valence-corrected chi connectivity index (χ1v) is 9.14. The lowest BCUT2D eigenvalue weighted by atomic mass is 10.2. The quantitative estimate of drug-likeness (QED) is 0.556. The molecule has 0 fully saturated rings. The summed E-state index contributed by atoms with van der Waals surface area (Å²) in [5.74, 6) is 1.41. The van der Waals surface area contributed by atoms with E-state index in [0.29, 0.717) is 0 Å². The number of rotatable bonds is 7. The van der Waals surface area contributed by atoms with Crippen molar-refractivity contribution < 1.29 is 14.3 Å². The average molecular weight is 356 g/mol. The summed E-state index contributed by atoms with van der Waals surface area (Å²) in [4.78, 5) is 11.4. The zero-order valence-corrected chi connectivity index (χ0v) is 14.9. The fraction of sp³-hybridized carbons (Fsp3) is 0.357. The van der Waals surface area contributed by atoms with Gasteiger partial charge in [0.05, 0.1) is 14.2 Å². The minimum atomic E-state index is -0.280. The fourth-order valence-electron chi connectivity index (χ4n) is 1.54. The SMILES string of the molecule is COC(=O)C(C)Sc1nnc(SCc2ccc(OC)cc2)s1. The first kappa shape index (κ1) is 17.1. The van der Waals surface area contributed by atoms with Crippen LogP contribution in [0.15, 0.2) is 32.9 Å². The number of nitrogens with zero attached hydrogens (tertiary/aromatic N) is 2. The number of carbonyl (C=O) groups is 1. The molecule has 0 radical (unpaired) electrons. The molecule has 2 rings (SSSR count). The lowest BCUT2D eigenvalue weighted by molar-refractivity contribution is -0.139. The topological polar surface area (TPSA) is 61.3 Å². The van der Waals surface area contributed by atoms with E-state index in [2.05, 4.69) is 10.2 Å². The Bertz CT molecular complexity index is 616. The number of esters is 1. The van der Waals surface area contributed by atoms with Gasteiger partial charge < -0.3 is 9.47 Å². The smallest absolute Gasteiger partial charge is 0.318 e. The molecule has 1 aromatic carbocycles. The van der Waals surface area contributed by atoms with Crippen LogP contribution in [0, 0.1) is 0 Å². The van der Waals surface area contributed by atoms with Crippen molar-refractivity contribution in [3.8, 4) is 5.75 Å². The maximum atomic E-state index is 11.4. The lowest BCUT2D eigenvalue weighted by Crippen LogP contribution is -2.14. The molecule has 0 saturated heterocycles. The van der Waals surface area contributed by atoms with E-state index in [0.717, 1.165) is 20.2 Å². The van der Waals surface area contributed by atoms with E-state index in [1.54, 1.807) is 25.8 Å². The van der Waals surface area contributed by atoms with E-state index in [4.69, 9.17) is 9.47 Å². The van der Waals surface area contributed by atoms with Crippen LogP contribution in [0.3, 0.4) is 0 Å². The molecule has 8 heteroatoms. The van der Waals surface area contributed by atoms with Crippen LogP contribution in [0.4, 0.5) is 0 Å². The van der Waals surface area contributed by atoms with E-state index >= 15 is 0 Å². The molecule has 0 aliphatic carbocycles. The van der Waals surface area contributed by atoms with Crippen molar-refractivity contribution in [3.05, 3.63) is 29.8 Å². The number of aromatic nitrogens is 2. The Morgan fingerprint density at radius 1 is 1.23 bits per heavy atom. The third-order valence-electron chi connectivity index (χ3n) is 2.72. The number of thioether (sulfide) groups is 2. The van der Waals surface area contributed by atoms with Crippen molar-refractivity contribution in [1.82, 2.24) is 10.2 Å². The molecule has 0 aliphatic heterocycles. The van der Waals surface area contributed by atoms with Gasteiger partial charge in [-0.3, -0.25) is 4.79 Å². The number of benzene rings is 1. The van der Waals surface area contributed by atoms with Crippen molar-refractivity contribution in [2.24, 2.45) is 0 Å². The highest BCUT2D eigenvalue weighted by Crippen LogP contribution is 2.33. The van der Waals surface area contributed by atoms with Crippen LogP contribution in [0.2, 0.25) is 0 Å². The minimum Gasteiger partial charge on any atom is -0.497 e. The summed E-state index contributed by atoms with van der Waals surface area (Å²) in [6.45, 7) is 1.79. The van der Waals surface area contributed by atoms with Gasteiger partial charge in [-0.2, -0.15) is 0 Å². The van der Waals surface area contributed by atoms with Crippen LogP contribution in [0.5, 0.6) is 5.75 Å². The van der Waals surface area contributed by atoms with Crippen LogP contribution in [-0.2, 0) is 15.3 Å². The first-order valence-electron chi connectivity index (χ1n) is 6.46. The second-order valence-corrected chi connectivity index (χ2v) is 8.04. The number of methoxy groups -OCH3 is 2. The van der Waals surface area contributed by atoms with Crippen molar-refractivity contribution >= 4 is 40.8 Å². The predicted molar refractivity (Wildman–Crippen MR) is 89.8 cm³/mol. The largest absolute Gasteiger partial charge is 0.497 e. The molecule has 22 heavy (non-hydrogen) atoms. The molecule has 0 aliphatic rings. The van der Waals surface area contributed by atoms with E-state index in [1.165, 1.54) is 35.8 Å². The molecule has 0 spiro atoms. The van der Waals surface area contributed by atoms with Crippen LogP contribution >= 0.6 is 34.9 Å². The molecule has 1 aromatic heterocycles. The fourth-order valence-corrected chi connectivity index (χ4v) is 4.68. The molecule has 118 valence electrons. The third kappa shape index (κ3) is 4.89. The molecule has 1 unspecified atom stereocenters. The van der Waals surface area contributed by atoms with Gasteiger partial charge >= 0.3 is 5.97 Å². The van der Waals surface area contributed by atoms with Gasteiger partial charge in [-0.15, -0.1) is 10.2 Å². The minimum absolute atomic E-state index is 0.257. The van der Waals surface area contributed by atoms with Crippen molar-refractivity contribution in [2.75, 3.05) is 14.2 Å². The molecular formula is C14H16N2O3S3. The Hall–Kier alpha value is -1.25. The highest BCUT2D eigenvalue weighted by molar-refractivity contribution is 8.03. The highest BCUT2D eigenvalue weighted by Gasteiger charge is 2.17. The van der Waals surface area contributed by atoms with Gasteiger partial charge in [0.2, 0.25) is 0 Å². The molecule has 0 amide bonds. The maximum absolute atomic E-state index is 11.4. The van der Waals surface area contributed by atoms with Crippen molar-refractivity contribution in [2.45, 2.75) is 26.6 Å². The highest BCUT2D eigenvalue weighted by atomic mass is 32.2. The Kier molecular flexibility index (Phi) is 6.53.